The highest BCUT2D eigenvalue weighted by atomic mass is 32.2. The van der Waals surface area contributed by atoms with Gasteiger partial charge in [0.1, 0.15) is 16.4 Å². The normalized spacial score (nSPS) is 16.7. The van der Waals surface area contributed by atoms with Gasteiger partial charge in [0, 0.05) is 18.2 Å². The maximum absolute atomic E-state index is 12.7. The number of hydrogen-bond donors (Lipinski definition) is 2. The Morgan fingerprint density at radius 2 is 1.86 bits per heavy atom. The summed E-state index contributed by atoms with van der Waals surface area (Å²) in [6, 6.07) is 0.0704. The molecule has 0 saturated heterocycles. The lowest BCUT2D eigenvalue weighted by Crippen LogP contribution is -2.33. The first-order chi connectivity index (χ1) is 9.95. The summed E-state index contributed by atoms with van der Waals surface area (Å²) in [4.78, 5) is 0.329. The SMILES string of the molecule is CCCNCc1c(C)oc(C)c1S(=O)(=O)NC1CCCC1. The van der Waals surface area contributed by atoms with Crippen LogP contribution in [0.5, 0.6) is 0 Å². The molecule has 0 spiro atoms. The van der Waals surface area contributed by atoms with E-state index in [0.29, 0.717) is 23.0 Å². The van der Waals surface area contributed by atoms with E-state index in [1.54, 1.807) is 6.92 Å². The van der Waals surface area contributed by atoms with Crippen molar-refractivity contribution in [2.24, 2.45) is 0 Å². The van der Waals surface area contributed by atoms with Crippen molar-refractivity contribution in [1.29, 1.82) is 0 Å². The molecule has 0 bridgehead atoms. The fourth-order valence-corrected chi connectivity index (χ4v) is 4.73. The van der Waals surface area contributed by atoms with E-state index in [-0.39, 0.29) is 6.04 Å². The number of furan rings is 1. The summed E-state index contributed by atoms with van der Waals surface area (Å²) in [6.45, 7) is 7.01. The van der Waals surface area contributed by atoms with Crippen molar-refractivity contribution in [3.8, 4) is 0 Å². The van der Waals surface area contributed by atoms with Gasteiger partial charge < -0.3 is 9.73 Å². The standard InChI is InChI=1S/C15H26N2O3S/c1-4-9-16-10-14-11(2)20-12(3)15(14)21(18,19)17-13-7-5-6-8-13/h13,16-17H,4-10H2,1-3H3. The second-order valence-electron chi connectivity index (χ2n) is 5.80. The Hall–Kier alpha value is -0.850. The zero-order chi connectivity index (χ0) is 15.5. The first kappa shape index (κ1) is 16.5. The van der Waals surface area contributed by atoms with Gasteiger partial charge in [-0.05, 0) is 39.7 Å². The summed E-state index contributed by atoms with van der Waals surface area (Å²) in [7, 11) is -3.51. The Balaban J connectivity index is 2.23. The maximum Gasteiger partial charge on any atom is 0.244 e. The third-order valence-corrected chi connectivity index (χ3v) is 5.71. The fraction of sp³-hybridized carbons (Fsp3) is 0.733. The Labute approximate surface area is 127 Å². The van der Waals surface area contributed by atoms with Crippen molar-refractivity contribution in [3.63, 3.8) is 0 Å². The molecule has 1 aliphatic carbocycles. The summed E-state index contributed by atoms with van der Waals surface area (Å²) in [5.41, 5.74) is 0.756. The largest absolute Gasteiger partial charge is 0.465 e. The Kier molecular flexibility index (Phi) is 5.46. The van der Waals surface area contributed by atoms with E-state index in [9.17, 15) is 8.42 Å². The first-order valence-corrected chi connectivity index (χ1v) is 9.26. The fourth-order valence-electron chi connectivity index (χ4n) is 2.98. The third kappa shape index (κ3) is 3.87. The van der Waals surface area contributed by atoms with Gasteiger partial charge in [0.05, 0.1) is 0 Å². The smallest absolute Gasteiger partial charge is 0.244 e. The highest BCUT2D eigenvalue weighted by molar-refractivity contribution is 7.89. The van der Waals surface area contributed by atoms with Crippen molar-refractivity contribution in [3.05, 3.63) is 17.1 Å². The van der Waals surface area contributed by atoms with Gasteiger partial charge in [0.25, 0.3) is 0 Å². The highest BCUT2D eigenvalue weighted by Gasteiger charge is 2.29. The number of nitrogens with one attached hydrogen (secondary N) is 2. The van der Waals surface area contributed by atoms with Gasteiger partial charge in [-0.3, -0.25) is 0 Å². The van der Waals surface area contributed by atoms with Gasteiger partial charge in [-0.15, -0.1) is 0 Å². The molecule has 2 rings (SSSR count). The molecule has 120 valence electrons. The summed E-state index contributed by atoms with van der Waals surface area (Å²) >= 11 is 0. The molecule has 1 aliphatic rings. The second-order valence-corrected chi connectivity index (χ2v) is 7.45. The van der Waals surface area contributed by atoms with E-state index in [0.717, 1.165) is 44.2 Å². The highest BCUT2D eigenvalue weighted by Crippen LogP contribution is 2.28. The molecule has 1 aromatic heterocycles. The van der Waals surface area contributed by atoms with Crippen LogP contribution < -0.4 is 10.0 Å². The molecule has 2 N–H and O–H groups in total. The summed E-state index contributed by atoms with van der Waals surface area (Å²) in [6.07, 6.45) is 5.07. The van der Waals surface area contributed by atoms with Crippen molar-refractivity contribution in [2.45, 2.75) is 70.4 Å². The monoisotopic (exact) mass is 314 g/mol. The lowest BCUT2D eigenvalue weighted by molar-refractivity contribution is 0.491. The van der Waals surface area contributed by atoms with Gasteiger partial charge >= 0.3 is 0 Å². The summed E-state index contributed by atoms with van der Waals surface area (Å²) in [5.74, 6) is 1.16. The van der Waals surface area contributed by atoms with Crippen molar-refractivity contribution in [2.75, 3.05) is 6.54 Å². The predicted octanol–water partition coefficient (Wildman–Crippen LogP) is 2.62. The van der Waals surface area contributed by atoms with Crippen LogP contribution in [-0.2, 0) is 16.6 Å². The molecule has 1 fully saturated rings. The maximum atomic E-state index is 12.7. The molecular formula is C15H26N2O3S. The van der Waals surface area contributed by atoms with Crippen LogP contribution in [0, 0.1) is 13.8 Å². The molecule has 0 radical (unpaired) electrons. The predicted molar refractivity (Wildman–Crippen MR) is 82.8 cm³/mol. The Bertz CT molecular complexity index is 572. The lowest BCUT2D eigenvalue weighted by atomic mass is 10.2. The minimum absolute atomic E-state index is 0.0704. The van der Waals surface area contributed by atoms with E-state index in [1.807, 2.05) is 6.92 Å². The van der Waals surface area contributed by atoms with E-state index in [4.69, 9.17) is 4.42 Å². The van der Waals surface area contributed by atoms with Crippen LogP contribution in [0.4, 0.5) is 0 Å². The molecule has 0 unspecified atom stereocenters. The number of rotatable bonds is 7. The molecule has 1 saturated carbocycles. The zero-order valence-electron chi connectivity index (χ0n) is 13.2. The minimum atomic E-state index is -3.51. The van der Waals surface area contributed by atoms with Crippen molar-refractivity contribution < 1.29 is 12.8 Å². The molecule has 5 nitrogen and oxygen atoms in total. The number of aryl methyl sites for hydroxylation is 2. The molecule has 1 aromatic rings. The number of hydrogen-bond acceptors (Lipinski definition) is 4. The second kappa shape index (κ2) is 6.94. The van der Waals surface area contributed by atoms with Crippen LogP contribution in [0.1, 0.15) is 56.1 Å². The zero-order valence-corrected chi connectivity index (χ0v) is 14.0. The summed E-state index contributed by atoms with van der Waals surface area (Å²) in [5, 5.41) is 3.26. The molecule has 0 aliphatic heterocycles. The van der Waals surface area contributed by atoms with Gasteiger partial charge in [0.2, 0.25) is 10.0 Å². The number of sulfonamides is 1. The van der Waals surface area contributed by atoms with E-state index in [2.05, 4.69) is 17.0 Å². The molecular weight excluding hydrogens is 288 g/mol. The first-order valence-electron chi connectivity index (χ1n) is 7.77. The summed E-state index contributed by atoms with van der Waals surface area (Å²) < 4.78 is 33.8. The molecule has 6 heteroatoms. The Morgan fingerprint density at radius 3 is 2.48 bits per heavy atom. The van der Waals surface area contributed by atoms with E-state index >= 15 is 0 Å². The molecule has 0 aromatic carbocycles. The van der Waals surface area contributed by atoms with Crippen molar-refractivity contribution >= 4 is 10.0 Å². The van der Waals surface area contributed by atoms with Crippen molar-refractivity contribution in [1.82, 2.24) is 10.0 Å². The molecule has 1 heterocycles. The average molecular weight is 314 g/mol. The molecule has 0 amide bonds. The van der Waals surface area contributed by atoms with Gasteiger partial charge in [-0.2, -0.15) is 0 Å². The lowest BCUT2D eigenvalue weighted by Gasteiger charge is -2.13. The van der Waals surface area contributed by atoms with Crippen LogP contribution in [0.15, 0.2) is 9.31 Å². The average Bonchev–Trinajstić information content (AvgIpc) is 2.98. The van der Waals surface area contributed by atoms with Crippen LogP contribution in [0.25, 0.3) is 0 Å². The third-order valence-electron chi connectivity index (χ3n) is 4.00. The van der Waals surface area contributed by atoms with Gasteiger partial charge in [-0.1, -0.05) is 19.8 Å². The quantitative estimate of drug-likeness (QED) is 0.759. The van der Waals surface area contributed by atoms with E-state index in [1.165, 1.54) is 0 Å². The van der Waals surface area contributed by atoms with Crippen LogP contribution in [-0.4, -0.2) is 21.0 Å². The van der Waals surface area contributed by atoms with Gasteiger partial charge in [-0.25, -0.2) is 13.1 Å². The van der Waals surface area contributed by atoms with Crippen LogP contribution >= 0.6 is 0 Å². The topological polar surface area (TPSA) is 71.3 Å². The Morgan fingerprint density at radius 1 is 1.19 bits per heavy atom. The molecule has 21 heavy (non-hydrogen) atoms. The minimum Gasteiger partial charge on any atom is -0.465 e. The van der Waals surface area contributed by atoms with E-state index < -0.39 is 10.0 Å². The van der Waals surface area contributed by atoms with Crippen LogP contribution in [0.2, 0.25) is 0 Å². The van der Waals surface area contributed by atoms with Gasteiger partial charge in [0.15, 0.2) is 0 Å². The molecule has 0 atom stereocenters. The van der Waals surface area contributed by atoms with Crippen LogP contribution in [0.3, 0.4) is 0 Å².